The first-order valence-corrected chi connectivity index (χ1v) is 14.0. The molecule has 2 aromatic rings. The molecule has 0 atom stereocenters. The molecule has 216 valence electrons. The zero-order valence-electron chi connectivity index (χ0n) is 25.2. The second-order valence-electron chi connectivity index (χ2n) is 11.0. The summed E-state index contributed by atoms with van der Waals surface area (Å²) in [6.07, 6.45) is 20.3. The molecule has 0 bridgehead atoms. The Labute approximate surface area is 260 Å². The van der Waals surface area contributed by atoms with Crippen LogP contribution in [0.25, 0.3) is 5.57 Å². The summed E-state index contributed by atoms with van der Waals surface area (Å²) in [5, 5.41) is 0. The number of ether oxygens (including phenoxy) is 2. The van der Waals surface area contributed by atoms with Crippen molar-refractivity contribution in [3.05, 3.63) is 129 Å². The van der Waals surface area contributed by atoms with Crippen LogP contribution in [0, 0.1) is 69.1 Å². The van der Waals surface area contributed by atoms with Crippen molar-refractivity contribution in [3.8, 4) is 11.5 Å². The number of carbonyl (C=O) groups excluding carboxylic acids is 1. The minimum Gasteiger partial charge on any atom is -0.494 e. The first kappa shape index (κ1) is 35.1. The van der Waals surface area contributed by atoms with E-state index < -0.39 is 5.41 Å². The van der Waals surface area contributed by atoms with Crippen LogP contribution in [0.5, 0.6) is 11.5 Å². The van der Waals surface area contributed by atoms with Gasteiger partial charge in [0.15, 0.2) is 0 Å². The molecule has 2 aliphatic carbocycles. The number of carbonyl (C=O) groups is 1. The van der Waals surface area contributed by atoms with Crippen LogP contribution in [-0.2, 0) is 21.9 Å². The van der Waals surface area contributed by atoms with Gasteiger partial charge in [-0.05, 0) is 146 Å². The maximum atomic E-state index is 12.3. The number of hydrogen-bond donors (Lipinski definition) is 0. The van der Waals surface area contributed by atoms with Crippen molar-refractivity contribution in [3.63, 3.8) is 0 Å². The number of esters is 1. The molecule has 0 spiro atoms. The summed E-state index contributed by atoms with van der Waals surface area (Å²) >= 11 is 0. The molecular formula is C36H43FeNO3+2. The quantitative estimate of drug-likeness (QED) is 0.123. The van der Waals surface area contributed by atoms with Crippen LogP contribution < -0.4 is 9.47 Å². The fraction of sp³-hybridized carbons (Fsp3) is 0.306. The van der Waals surface area contributed by atoms with Crippen LogP contribution in [0.4, 0.5) is 0 Å². The van der Waals surface area contributed by atoms with Crippen molar-refractivity contribution in [2.75, 3.05) is 27.2 Å². The Kier molecular flexibility index (Phi) is 15.2. The van der Waals surface area contributed by atoms with Crippen molar-refractivity contribution < 1.29 is 31.3 Å². The summed E-state index contributed by atoms with van der Waals surface area (Å²) in [4.78, 5) is 14.5. The zero-order valence-corrected chi connectivity index (χ0v) is 26.3. The molecule has 0 saturated heterocycles. The monoisotopic (exact) mass is 593 g/mol. The predicted octanol–water partition coefficient (Wildman–Crippen LogP) is 7.60. The van der Waals surface area contributed by atoms with Gasteiger partial charge in [0.05, 0.1) is 12.0 Å². The first-order valence-electron chi connectivity index (χ1n) is 14.0. The molecule has 0 aromatic heterocycles. The number of benzene rings is 2. The summed E-state index contributed by atoms with van der Waals surface area (Å²) in [6, 6.07) is 16.2. The minimum atomic E-state index is -0.548. The molecule has 0 N–H and O–H groups in total. The number of hydrogen-bond acceptors (Lipinski definition) is 4. The molecule has 2 aromatic carbocycles. The Balaban J connectivity index is 0.000000883. The second kappa shape index (κ2) is 17.8. The summed E-state index contributed by atoms with van der Waals surface area (Å²) in [7, 11) is 4.14. The van der Waals surface area contributed by atoms with Crippen LogP contribution in [0.15, 0.2) is 54.1 Å². The number of allylic oxidation sites excluding steroid dienone is 1. The summed E-state index contributed by atoms with van der Waals surface area (Å²) in [5.41, 5.74) is 4.11. The first-order chi connectivity index (χ1) is 19.2. The van der Waals surface area contributed by atoms with E-state index in [2.05, 4.69) is 63.7 Å². The Morgan fingerprint density at radius 1 is 0.756 bits per heavy atom. The maximum Gasteiger partial charge on any atom is 2.00 e. The fourth-order valence-electron chi connectivity index (χ4n) is 4.17. The fourth-order valence-corrected chi connectivity index (χ4v) is 4.17. The SMILES string of the molecule is CC/C([C]1[CH][CH][CH][CH]1)=C(/c1ccc(OCCCN(C)C)cc1)c1ccc(OC(=O)C(C)(C)C)cc1.[CH]1[CH][CH][CH][CH]1.[Fe+2]. The normalized spacial score (nSPS) is 16.0. The van der Waals surface area contributed by atoms with Crippen LogP contribution in [0.1, 0.15) is 51.7 Å². The largest absolute Gasteiger partial charge is 2.00 e. The topological polar surface area (TPSA) is 38.8 Å². The standard InChI is InChI=1S/C31H38NO3.C5H5.Fe/c1-7-28(23-11-8-9-12-23)29(24-13-17-26(18-14-24)34-22-10-21-32(5)6)25-15-19-27(20-16-25)35-30(33)31(2,3)4;1-2-4-5-3-1;/h8-9,11-20H,7,10,21-22H2,1-6H3;1-5H;/q;;+2/b29-28+;;. The van der Waals surface area contributed by atoms with Crippen molar-refractivity contribution in [2.45, 2.75) is 40.5 Å². The van der Waals surface area contributed by atoms with Crippen LogP contribution in [0.3, 0.4) is 0 Å². The predicted molar refractivity (Wildman–Crippen MR) is 165 cm³/mol. The van der Waals surface area contributed by atoms with Crippen LogP contribution in [-0.4, -0.2) is 38.1 Å². The van der Waals surface area contributed by atoms with E-state index in [1.54, 1.807) is 0 Å². The molecule has 2 saturated carbocycles. The molecule has 5 heteroatoms. The van der Waals surface area contributed by atoms with Gasteiger partial charge in [-0.15, -0.1) is 0 Å². The average molecular weight is 594 g/mol. The third kappa shape index (κ3) is 11.6. The Morgan fingerprint density at radius 3 is 1.68 bits per heavy atom. The van der Waals surface area contributed by atoms with Gasteiger partial charge < -0.3 is 14.4 Å². The van der Waals surface area contributed by atoms with Gasteiger partial charge in [-0.1, -0.05) is 36.8 Å². The van der Waals surface area contributed by atoms with E-state index >= 15 is 0 Å². The third-order valence-electron chi connectivity index (χ3n) is 6.35. The molecule has 0 aliphatic heterocycles. The Bertz CT molecular complexity index is 1050. The summed E-state index contributed by atoms with van der Waals surface area (Å²) in [6.45, 7) is 9.45. The average Bonchev–Trinajstić information content (AvgIpc) is 3.68. The molecule has 4 rings (SSSR count). The number of rotatable bonds is 10. The summed E-state index contributed by atoms with van der Waals surface area (Å²) in [5.74, 6) is 2.41. The van der Waals surface area contributed by atoms with E-state index in [1.807, 2.05) is 89.3 Å². The Hall–Kier alpha value is -2.07. The Morgan fingerprint density at radius 2 is 1.24 bits per heavy atom. The van der Waals surface area contributed by atoms with Gasteiger partial charge in [0.2, 0.25) is 0 Å². The van der Waals surface area contributed by atoms with Crippen molar-refractivity contribution >= 4 is 11.5 Å². The third-order valence-corrected chi connectivity index (χ3v) is 6.35. The van der Waals surface area contributed by atoms with E-state index in [0.29, 0.717) is 12.4 Å². The van der Waals surface area contributed by atoms with Gasteiger partial charge in [0.25, 0.3) is 0 Å². The van der Waals surface area contributed by atoms with Gasteiger partial charge >= 0.3 is 23.0 Å². The minimum absolute atomic E-state index is 0. The van der Waals surface area contributed by atoms with Crippen LogP contribution in [0.2, 0.25) is 0 Å². The summed E-state index contributed by atoms with van der Waals surface area (Å²) < 4.78 is 11.5. The van der Waals surface area contributed by atoms with E-state index in [4.69, 9.17) is 9.47 Å². The van der Waals surface area contributed by atoms with Crippen molar-refractivity contribution in [1.29, 1.82) is 0 Å². The number of nitrogens with zero attached hydrogens (tertiary/aromatic N) is 1. The van der Waals surface area contributed by atoms with Gasteiger partial charge in [0.1, 0.15) is 11.5 Å². The molecular weight excluding hydrogens is 550 g/mol. The molecule has 0 heterocycles. The molecule has 2 aliphatic rings. The van der Waals surface area contributed by atoms with E-state index in [0.717, 1.165) is 36.3 Å². The molecule has 4 nitrogen and oxygen atoms in total. The second-order valence-corrected chi connectivity index (χ2v) is 11.0. The van der Waals surface area contributed by atoms with E-state index in [9.17, 15) is 4.79 Å². The maximum absolute atomic E-state index is 12.3. The van der Waals surface area contributed by atoms with Crippen molar-refractivity contribution in [2.24, 2.45) is 5.41 Å². The van der Waals surface area contributed by atoms with E-state index in [-0.39, 0.29) is 23.0 Å². The zero-order chi connectivity index (χ0) is 29.0. The van der Waals surface area contributed by atoms with Crippen molar-refractivity contribution in [1.82, 2.24) is 4.90 Å². The molecule has 0 amide bonds. The smallest absolute Gasteiger partial charge is 0.494 e. The van der Waals surface area contributed by atoms with Gasteiger partial charge in [0, 0.05) is 12.5 Å². The van der Waals surface area contributed by atoms with Gasteiger partial charge in [-0.3, -0.25) is 4.79 Å². The van der Waals surface area contributed by atoms with Gasteiger partial charge in [-0.25, -0.2) is 0 Å². The van der Waals surface area contributed by atoms with Gasteiger partial charge in [-0.2, -0.15) is 0 Å². The molecule has 0 unspecified atom stereocenters. The molecule has 10 radical (unpaired) electrons. The van der Waals surface area contributed by atoms with Crippen LogP contribution >= 0.6 is 0 Å². The molecule has 41 heavy (non-hydrogen) atoms. The van der Waals surface area contributed by atoms with E-state index in [1.165, 1.54) is 17.1 Å². The molecule has 2 fully saturated rings.